The summed E-state index contributed by atoms with van der Waals surface area (Å²) in [6, 6.07) is 8.73. The van der Waals surface area contributed by atoms with Crippen molar-refractivity contribution in [1.82, 2.24) is 10.2 Å². The highest BCUT2D eigenvalue weighted by Crippen LogP contribution is 2.17. The standard InChI is InChI=1S/C12H10N4O2S/c1-8-15-16-12(19-8)14-11(17)7-18-10-5-3-2-4-9(10)6-13/h2-5H,7H2,1H3,(H,14,16,17). The molecule has 0 aliphatic heterocycles. The third-order valence-corrected chi connectivity index (χ3v) is 2.89. The van der Waals surface area contributed by atoms with Crippen LogP contribution in [0.2, 0.25) is 0 Å². The summed E-state index contributed by atoms with van der Waals surface area (Å²) < 4.78 is 5.29. The van der Waals surface area contributed by atoms with Gasteiger partial charge in [-0.3, -0.25) is 10.1 Å². The Bertz CT molecular complexity index is 633. The van der Waals surface area contributed by atoms with Crippen LogP contribution in [-0.4, -0.2) is 22.7 Å². The van der Waals surface area contributed by atoms with E-state index in [1.807, 2.05) is 6.07 Å². The van der Waals surface area contributed by atoms with Crippen molar-refractivity contribution in [2.75, 3.05) is 11.9 Å². The smallest absolute Gasteiger partial charge is 0.264 e. The normalized spacial score (nSPS) is 9.68. The average Bonchev–Trinajstić information content (AvgIpc) is 2.82. The zero-order valence-electron chi connectivity index (χ0n) is 10.1. The van der Waals surface area contributed by atoms with Gasteiger partial charge in [-0.1, -0.05) is 23.5 Å². The van der Waals surface area contributed by atoms with E-state index in [1.165, 1.54) is 11.3 Å². The van der Waals surface area contributed by atoms with Crippen LogP contribution in [0.15, 0.2) is 24.3 Å². The third kappa shape index (κ3) is 3.50. The van der Waals surface area contributed by atoms with Crippen LogP contribution in [0.5, 0.6) is 5.75 Å². The van der Waals surface area contributed by atoms with Gasteiger partial charge in [0.05, 0.1) is 5.56 Å². The Morgan fingerprint density at radius 3 is 2.95 bits per heavy atom. The van der Waals surface area contributed by atoms with Gasteiger partial charge in [-0.05, 0) is 19.1 Å². The second-order valence-electron chi connectivity index (χ2n) is 3.57. The SMILES string of the molecule is Cc1nnc(NC(=O)COc2ccccc2C#N)s1. The van der Waals surface area contributed by atoms with Crippen molar-refractivity contribution in [2.45, 2.75) is 6.92 Å². The van der Waals surface area contributed by atoms with Gasteiger partial charge in [0, 0.05) is 0 Å². The van der Waals surface area contributed by atoms with Crippen LogP contribution in [0, 0.1) is 18.3 Å². The summed E-state index contributed by atoms with van der Waals surface area (Å²) in [6.45, 7) is 1.62. The summed E-state index contributed by atoms with van der Waals surface area (Å²) in [5, 5.41) is 20.2. The number of aromatic nitrogens is 2. The number of rotatable bonds is 4. The topological polar surface area (TPSA) is 87.9 Å². The van der Waals surface area contributed by atoms with Crippen molar-refractivity contribution in [3.8, 4) is 11.8 Å². The van der Waals surface area contributed by atoms with E-state index < -0.39 is 0 Å². The molecule has 0 bridgehead atoms. The number of amides is 1. The Hall–Kier alpha value is -2.46. The number of ether oxygens (including phenoxy) is 1. The highest BCUT2D eigenvalue weighted by atomic mass is 32.1. The lowest BCUT2D eigenvalue weighted by Crippen LogP contribution is -2.20. The van der Waals surface area contributed by atoms with Gasteiger partial charge in [0.2, 0.25) is 5.13 Å². The predicted octanol–water partition coefficient (Wildman–Crippen LogP) is 1.74. The van der Waals surface area contributed by atoms with Crippen LogP contribution in [-0.2, 0) is 4.79 Å². The van der Waals surface area contributed by atoms with Crippen molar-refractivity contribution >= 4 is 22.4 Å². The lowest BCUT2D eigenvalue weighted by molar-refractivity contribution is -0.118. The van der Waals surface area contributed by atoms with Gasteiger partial charge in [0.25, 0.3) is 5.91 Å². The second kappa shape index (κ2) is 5.93. The molecule has 0 fully saturated rings. The lowest BCUT2D eigenvalue weighted by Gasteiger charge is -2.06. The van der Waals surface area contributed by atoms with Gasteiger partial charge < -0.3 is 4.74 Å². The van der Waals surface area contributed by atoms with Crippen molar-refractivity contribution < 1.29 is 9.53 Å². The molecule has 2 aromatic rings. The number of para-hydroxylation sites is 1. The number of aryl methyl sites for hydroxylation is 1. The van der Waals surface area contributed by atoms with E-state index in [0.717, 1.165) is 5.01 Å². The molecule has 1 N–H and O–H groups in total. The van der Waals surface area contributed by atoms with Gasteiger partial charge in [-0.25, -0.2) is 0 Å². The van der Waals surface area contributed by atoms with Crippen LogP contribution in [0.1, 0.15) is 10.6 Å². The maximum absolute atomic E-state index is 11.6. The number of hydrogen-bond acceptors (Lipinski definition) is 6. The molecule has 7 heteroatoms. The Labute approximate surface area is 113 Å². The minimum absolute atomic E-state index is 0.183. The number of carbonyl (C=O) groups excluding carboxylic acids is 1. The molecule has 1 aromatic carbocycles. The zero-order chi connectivity index (χ0) is 13.7. The first-order valence-corrected chi connectivity index (χ1v) is 6.22. The molecule has 0 saturated carbocycles. The summed E-state index contributed by atoms with van der Waals surface area (Å²) in [5.74, 6) is 0.0393. The van der Waals surface area contributed by atoms with Crippen LogP contribution in [0.25, 0.3) is 0 Å². The number of hydrogen-bond donors (Lipinski definition) is 1. The number of nitriles is 1. The summed E-state index contributed by atoms with van der Waals surface area (Å²) in [7, 11) is 0. The largest absolute Gasteiger partial charge is 0.482 e. The molecule has 96 valence electrons. The average molecular weight is 274 g/mol. The molecule has 6 nitrogen and oxygen atoms in total. The maximum Gasteiger partial charge on any atom is 0.264 e. The van der Waals surface area contributed by atoms with E-state index in [1.54, 1.807) is 31.2 Å². The Morgan fingerprint density at radius 2 is 2.26 bits per heavy atom. The molecule has 1 aromatic heterocycles. The van der Waals surface area contributed by atoms with Crippen LogP contribution >= 0.6 is 11.3 Å². The number of nitrogens with zero attached hydrogens (tertiary/aromatic N) is 3. The predicted molar refractivity (Wildman–Crippen MR) is 69.9 cm³/mol. The third-order valence-electron chi connectivity index (χ3n) is 2.14. The molecular formula is C12H10N4O2S. The fourth-order valence-electron chi connectivity index (χ4n) is 1.33. The van der Waals surface area contributed by atoms with Crippen LogP contribution in [0.4, 0.5) is 5.13 Å². The molecule has 0 radical (unpaired) electrons. The van der Waals surface area contributed by atoms with Gasteiger partial charge in [-0.2, -0.15) is 5.26 Å². The van der Waals surface area contributed by atoms with Crippen molar-refractivity contribution in [1.29, 1.82) is 5.26 Å². The molecule has 0 spiro atoms. The van der Waals surface area contributed by atoms with Crippen LogP contribution < -0.4 is 10.1 Å². The van der Waals surface area contributed by atoms with E-state index in [4.69, 9.17) is 10.00 Å². The molecule has 0 aliphatic carbocycles. The zero-order valence-corrected chi connectivity index (χ0v) is 10.9. The molecular weight excluding hydrogens is 264 g/mol. The molecule has 0 saturated heterocycles. The molecule has 1 heterocycles. The number of anilines is 1. The molecule has 0 unspecified atom stereocenters. The van der Waals surface area contributed by atoms with E-state index in [-0.39, 0.29) is 12.5 Å². The second-order valence-corrected chi connectivity index (χ2v) is 4.75. The van der Waals surface area contributed by atoms with Crippen molar-refractivity contribution in [3.63, 3.8) is 0 Å². The Balaban J connectivity index is 1.92. The minimum Gasteiger partial charge on any atom is -0.482 e. The van der Waals surface area contributed by atoms with E-state index in [9.17, 15) is 4.79 Å². The minimum atomic E-state index is -0.344. The lowest BCUT2D eigenvalue weighted by atomic mass is 10.2. The first-order chi connectivity index (χ1) is 9.19. The van der Waals surface area contributed by atoms with E-state index in [2.05, 4.69) is 15.5 Å². The summed E-state index contributed by atoms with van der Waals surface area (Å²) >= 11 is 1.28. The van der Waals surface area contributed by atoms with Crippen molar-refractivity contribution in [3.05, 3.63) is 34.8 Å². The number of carbonyl (C=O) groups is 1. The van der Waals surface area contributed by atoms with Gasteiger partial charge in [0.15, 0.2) is 6.61 Å². The molecule has 1 amide bonds. The molecule has 19 heavy (non-hydrogen) atoms. The Kier molecular flexibility index (Phi) is 4.05. The number of benzene rings is 1. The molecule has 2 rings (SSSR count). The van der Waals surface area contributed by atoms with E-state index in [0.29, 0.717) is 16.4 Å². The summed E-state index contributed by atoms with van der Waals surface area (Å²) in [5.41, 5.74) is 0.391. The molecule has 0 atom stereocenters. The quantitative estimate of drug-likeness (QED) is 0.917. The van der Waals surface area contributed by atoms with Crippen LogP contribution in [0.3, 0.4) is 0 Å². The first-order valence-electron chi connectivity index (χ1n) is 5.41. The van der Waals surface area contributed by atoms with Gasteiger partial charge in [0.1, 0.15) is 16.8 Å². The highest BCUT2D eigenvalue weighted by molar-refractivity contribution is 7.15. The number of nitrogens with one attached hydrogen (secondary N) is 1. The van der Waals surface area contributed by atoms with E-state index >= 15 is 0 Å². The monoisotopic (exact) mass is 274 g/mol. The fourth-order valence-corrected chi connectivity index (χ4v) is 1.94. The van der Waals surface area contributed by atoms with Gasteiger partial charge in [-0.15, -0.1) is 10.2 Å². The first kappa shape index (κ1) is 13.0. The highest BCUT2D eigenvalue weighted by Gasteiger charge is 2.08. The summed E-state index contributed by atoms with van der Waals surface area (Å²) in [6.07, 6.45) is 0. The fraction of sp³-hybridized carbons (Fsp3) is 0.167. The molecule has 0 aliphatic rings. The van der Waals surface area contributed by atoms with Gasteiger partial charge >= 0.3 is 0 Å². The Morgan fingerprint density at radius 1 is 1.47 bits per heavy atom. The summed E-state index contributed by atoms with van der Waals surface area (Å²) in [4.78, 5) is 11.6. The maximum atomic E-state index is 11.6. The van der Waals surface area contributed by atoms with Crippen molar-refractivity contribution in [2.24, 2.45) is 0 Å².